The Kier molecular flexibility index (Phi) is 6.74. The molecule has 4 heteroatoms. The molecule has 1 atom stereocenters. The molecule has 0 unspecified atom stereocenters. The number of nitrogens with one attached hydrogen (secondary N) is 1. The third-order valence-electron chi connectivity index (χ3n) is 2.47. The number of carbonyl (C=O) groups is 1. The van der Waals surface area contributed by atoms with Gasteiger partial charge in [-0.05, 0) is 24.0 Å². The Hall–Kier alpha value is -1.00. The molecule has 1 rings (SSSR count). The topological polar surface area (TPSA) is 49.3 Å². The van der Waals surface area contributed by atoms with Gasteiger partial charge >= 0.3 is 0 Å². The molecule has 94 valence electrons. The third kappa shape index (κ3) is 5.24. The summed E-state index contributed by atoms with van der Waals surface area (Å²) in [7, 11) is 0. The van der Waals surface area contributed by atoms with E-state index in [2.05, 4.69) is 5.32 Å². The summed E-state index contributed by atoms with van der Waals surface area (Å²) in [6.07, 6.45) is 3.42. The van der Waals surface area contributed by atoms with Gasteiger partial charge in [-0.15, -0.1) is 0 Å². The van der Waals surface area contributed by atoms with Gasteiger partial charge in [0.25, 0.3) is 0 Å². The second kappa shape index (κ2) is 8.14. The first kappa shape index (κ1) is 14.1. The zero-order valence-corrected chi connectivity index (χ0v) is 10.9. The lowest BCUT2D eigenvalue weighted by atomic mass is 10.1. The zero-order valence-electron chi connectivity index (χ0n) is 10.1. The van der Waals surface area contributed by atoms with Crippen LogP contribution in [0, 0.1) is 0 Å². The van der Waals surface area contributed by atoms with E-state index in [0.717, 1.165) is 17.7 Å². The predicted molar refractivity (Wildman–Crippen MR) is 72.0 cm³/mol. The van der Waals surface area contributed by atoms with Gasteiger partial charge in [-0.1, -0.05) is 30.3 Å². The van der Waals surface area contributed by atoms with Crippen molar-refractivity contribution in [3.63, 3.8) is 0 Å². The van der Waals surface area contributed by atoms with Gasteiger partial charge in [-0.25, -0.2) is 0 Å². The molecular formula is C13H19NO2S. The van der Waals surface area contributed by atoms with Gasteiger partial charge < -0.3 is 10.4 Å². The van der Waals surface area contributed by atoms with Crippen LogP contribution in [0.2, 0.25) is 0 Å². The molecule has 17 heavy (non-hydrogen) atoms. The van der Waals surface area contributed by atoms with Crippen molar-refractivity contribution >= 4 is 17.7 Å². The molecule has 0 bridgehead atoms. The summed E-state index contributed by atoms with van der Waals surface area (Å²) in [6.45, 7) is -0.0711. The maximum Gasteiger partial charge on any atom is 0.220 e. The number of thioether (sulfide) groups is 1. The average molecular weight is 253 g/mol. The van der Waals surface area contributed by atoms with E-state index in [9.17, 15) is 9.90 Å². The molecule has 0 spiro atoms. The van der Waals surface area contributed by atoms with Crippen LogP contribution in [0.4, 0.5) is 0 Å². The highest BCUT2D eigenvalue weighted by atomic mass is 32.2. The van der Waals surface area contributed by atoms with Gasteiger partial charge in [-0.2, -0.15) is 11.8 Å². The number of aliphatic hydroxyl groups excluding tert-OH is 1. The summed E-state index contributed by atoms with van der Waals surface area (Å²) in [5.74, 6) is 0.990. The second-order valence-corrected chi connectivity index (χ2v) is 4.80. The minimum atomic E-state index is -0.294. The van der Waals surface area contributed by atoms with Crippen LogP contribution in [0.3, 0.4) is 0 Å². The van der Waals surface area contributed by atoms with Gasteiger partial charge in [0.1, 0.15) is 0 Å². The monoisotopic (exact) mass is 253 g/mol. The molecule has 0 saturated carbocycles. The van der Waals surface area contributed by atoms with Crippen LogP contribution in [0.5, 0.6) is 0 Å². The van der Waals surface area contributed by atoms with Crippen LogP contribution in [-0.2, 0) is 4.79 Å². The lowest BCUT2D eigenvalue weighted by molar-refractivity contribution is -0.122. The maximum absolute atomic E-state index is 11.6. The minimum Gasteiger partial charge on any atom is -0.394 e. The third-order valence-corrected chi connectivity index (χ3v) is 3.17. The predicted octanol–water partition coefficient (Wildman–Crippen LogP) is 1.98. The van der Waals surface area contributed by atoms with Crippen LogP contribution >= 0.6 is 11.8 Å². The van der Waals surface area contributed by atoms with Gasteiger partial charge in [0.05, 0.1) is 12.6 Å². The number of hydrogen-bond donors (Lipinski definition) is 2. The largest absolute Gasteiger partial charge is 0.394 e. The number of carbonyl (C=O) groups excluding carboxylic acids is 1. The highest BCUT2D eigenvalue weighted by molar-refractivity contribution is 7.98. The van der Waals surface area contributed by atoms with Gasteiger partial charge in [0, 0.05) is 6.42 Å². The van der Waals surface area contributed by atoms with Crippen molar-refractivity contribution in [3.8, 4) is 0 Å². The first-order valence-electron chi connectivity index (χ1n) is 5.72. The maximum atomic E-state index is 11.6. The van der Waals surface area contributed by atoms with E-state index in [4.69, 9.17) is 0 Å². The van der Waals surface area contributed by atoms with E-state index in [-0.39, 0.29) is 18.6 Å². The molecule has 0 radical (unpaired) electrons. The van der Waals surface area contributed by atoms with E-state index in [1.54, 1.807) is 11.8 Å². The van der Waals surface area contributed by atoms with Crippen molar-refractivity contribution in [2.75, 3.05) is 18.6 Å². The molecule has 1 aromatic rings. The summed E-state index contributed by atoms with van der Waals surface area (Å²) >= 11 is 1.74. The average Bonchev–Trinajstić information content (AvgIpc) is 2.37. The van der Waals surface area contributed by atoms with E-state index in [0.29, 0.717) is 6.42 Å². The SMILES string of the molecule is CSCCCC(=O)N[C@H](CO)c1ccccc1. The smallest absolute Gasteiger partial charge is 0.220 e. The fourth-order valence-electron chi connectivity index (χ4n) is 1.56. The van der Waals surface area contributed by atoms with Gasteiger partial charge in [0.2, 0.25) is 5.91 Å². The number of amides is 1. The van der Waals surface area contributed by atoms with Crippen molar-refractivity contribution in [2.24, 2.45) is 0 Å². The molecule has 0 aliphatic carbocycles. The molecule has 1 aromatic carbocycles. The summed E-state index contributed by atoms with van der Waals surface area (Å²) in [4.78, 5) is 11.6. The van der Waals surface area contributed by atoms with Gasteiger partial charge in [0.15, 0.2) is 0 Å². The summed E-state index contributed by atoms with van der Waals surface area (Å²) in [5.41, 5.74) is 0.938. The van der Waals surface area contributed by atoms with E-state index >= 15 is 0 Å². The van der Waals surface area contributed by atoms with Crippen molar-refractivity contribution in [1.82, 2.24) is 5.32 Å². The summed E-state index contributed by atoms with van der Waals surface area (Å²) in [6, 6.07) is 9.23. The molecule has 0 aliphatic heterocycles. The summed E-state index contributed by atoms with van der Waals surface area (Å²) < 4.78 is 0. The lowest BCUT2D eigenvalue weighted by Gasteiger charge is -2.16. The Morgan fingerprint density at radius 1 is 1.41 bits per heavy atom. The number of hydrogen-bond acceptors (Lipinski definition) is 3. The Bertz CT molecular complexity index is 329. The second-order valence-electron chi connectivity index (χ2n) is 3.81. The van der Waals surface area contributed by atoms with Crippen molar-refractivity contribution < 1.29 is 9.90 Å². The molecule has 0 aromatic heterocycles. The normalized spacial score (nSPS) is 12.1. The van der Waals surface area contributed by atoms with Crippen molar-refractivity contribution in [1.29, 1.82) is 0 Å². The Morgan fingerprint density at radius 2 is 2.12 bits per heavy atom. The molecule has 3 nitrogen and oxygen atoms in total. The van der Waals surface area contributed by atoms with E-state index in [1.807, 2.05) is 36.6 Å². The lowest BCUT2D eigenvalue weighted by Crippen LogP contribution is -2.30. The van der Waals surface area contributed by atoms with Crippen LogP contribution in [-0.4, -0.2) is 29.6 Å². The first-order valence-corrected chi connectivity index (χ1v) is 7.11. The molecule has 2 N–H and O–H groups in total. The summed E-state index contributed by atoms with van der Waals surface area (Å²) in [5, 5.41) is 12.1. The molecular weight excluding hydrogens is 234 g/mol. The number of rotatable bonds is 7. The highest BCUT2D eigenvalue weighted by Crippen LogP contribution is 2.12. The van der Waals surface area contributed by atoms with Gasteiger partial charge in [-0.3, -0.25) is 4.79 Å². The Labute approximate surface area is 107 Å². The van der Waals surface area contributed by atoms with Crippen LogP contribution in [0.15, 0.2) is 30.3 Å². The standard InChI is InChI=1S/C13H19NO2S/c1-17-9-5-8-13(16)14-12(10-15)11-6-3-2-4-7-11/h2-4,6-7,12,15H,5,8-10H2,1H3,(H,14,16)/t12-/m1/s1. The Morgan fingerprint density at radius 3 is 2.71 bits per heavy atom. The molecule has 0 saturated heterocycles. The number of aliphatic hydroxyl groups is 1. The Balaban J connectivity index is 2.44. The fraction of sp³-hybridized carbons (Fsp3) is 0.462. The van der Waals surface area contributed by atoms with Crippen LogP contribution in [0.25, 0.3) is 0 Å². The number of benzene rings is 1. The molecule has 0 aliphatic rings. The van der Waals surface area contributed by atoms with E-state index in [1.165, 1.54) is 0 Å². The highest BCUT2D eigenvalue weighted by Gasteiger charge is 2.12. The van der Waals surface area contributed by atoms with Crippen LogP contribution < -0.4 is 5.32 Å². The van der Waals surface area contributed by atoms with E-state index < -0.39 is 0 Å². The van der Waals surface area contributed by atoms with Crippen molar-refractivity contribution in [2.45, 2.75) is 18.9 Å². The zero-order chi connectivity index (χ0) is 12.5. The fourth-order valence-corrected chi connectivity index (χ4v) is 2.00. The molecule has 0 heterocycles. The van der Waals surface area contributed by atoms with Crippen LogP contribution in [0.1, 0.15) is 24.4 Å². The van der Waals surface area contributed by atoms with Crippen molar-refractivity contribution in [3.05, 3.63) is 35.9 Å². The first-order chi connectivity index (χ1) is 8.27. The quantitative estimate of drug-likeness (QED) is 0.731. The minimum absolute atomic E-state index is 0.00181. The molecule has 1 amide bonds. The molecule has 0 fully saturated rings.